The Kier molecular flexibility index (Phi) is 5.78. The monoisotopic (exact) mass is 290 g/mol. The van der Waals surface area contributed by atoms with E-state index >= 15 is 0 Å². The molecule has 1 atom stereocenters. The van der Waals surface area contributed by atoms with E-state index in [1.54, 1.807) is 0 Å². The second-order valence-corrected chi connectivity index (χ2v) is 4.24. The molecule has 2 N–H and O–H groups in total. The summed E-state index contributed by atoms with van der Waals surface area (Å²) in [7, 11) is 0. The topological polar surface area (TPSA) is 86.8 Å². The zero-order valence-corrected chi connectivity index (χ0v) is 10.9. The molecule has 0 amide bonds. The summed E-state index contributed by atoms with van der Waals surface area (Å²) >= 11 is 0. The Morgan fingerprint density at radius 3 is 2.55 bits per heavy atom. The Morgan fingerprint density at radius 1 is 1.45 bits per heavy atom. The molecule has 1 aromatic rings. The summed E-state index contributed by atoms with van der Waals surface area (Å²) < 4.78 is 25.0. The first-order valence-corrected chi connectivity index (χ1v) is 5.97. The van der Waals surface area contributed by atoms with Gasteiger partial charge >= 0.3 is 0 Å². The van der Waals surface area contributed by atoms with Gasteiger partial charge in [-0.05, 0) is 18.6 Å². The lowest BCUT2D eigenvalue weighted by molar-refractivity contribution is -0.384. The van der Waals surface area contributed by atoms with Crippen LogP contribution in [0.3, 0.4) is 0 Å². The second kappa shape index (κ2) is 7.11. The van der Waals surface area contributed by atoms with Crippen LogP contribution < -0.4 is 4.90 Å². The Hall–Kier alpha value is -1.80. The van der Waals surface area contributed by atoms with Gasteiger partial charge in [0.1, 0.15) is 5.69 Å². The lowest BCUT2D eigenvalue weighted by Crippen LogP contribution is -2.32. The van der Waals surface area contributed by atoms with Crippen molar-refractivity contribution >= 4 is 11.4 Å². The lowest BCUT2D eigenvalue weighted by Gasteiger charge is -2.23. The van der Waals surface area contributed by atoms with Crippen LogP contribution in [0.15, 0.2) is 18.2 Å². The maximum absolute atomic E-state index is 12.5. The number of anilines is 1. The van der Waals surface area contributed by atoms with Gasteiger partial charge in [-0.3, -0.25) is 10.1 Å². The van der Waals surface area contributed by atoms with Crippen molar-refractivity contribution < 1.29 is 23.9 Å². The average Bonchev–Trinajstić information content (AvgIpc) is 2.36. The van der Waals surface area contributed by atoms with Crippen molar-refractivity contribution in [1.82, 2.24) is 0 Å². The number of nitro groups is 1. The molecule has 0 saturated carbocycles. The summed E-state index contributed by atoms with van der Waals surface area (Å²) in [5, 5.41) is 29.3. The zero-order valence-electron chi connectivity index (χ0n) is 10.9. The molecule has 0 aliphatic rings. The number of benzene rings is 1. The van der Waals surface area contributed by atoms with Gasteiger partial charge in [0.05, 0.1) is 24.2 Å². The standard InChI is InChI=1S/C12H16F2N2O4/c1-8(18)9-2-3-10(11(6-9)16(19)20)15(4-5-17)7-12(13)14/h2-3,6,8,12,17-18H,4-5,7H2,1H3. The number of alkyl halides is 2. The van der Waals surface area contributed by atoms with Crippen LogP contribution in [0.1, 0.15) is 18.6 Å². The van der Waals surface area contributed by atoms with Crippen LogP contribution in [0, 0.1) is 10.1 Å². The molecule has 0 aromatic heterocycles. The third-order valence-corrected chi connectivity index (χ3v) is 2.75. The van der Waals surface area contributed by atoms with Crippen molar-refractivity contribution in [2.45, 2.75) is 19.5 Å². The Labute approximate surface area is 114 Å². The quantitative estimate of drug-likeness (QED) is 0.589. The zero-order chi connectivity index (χ0) is 15.3. The number of nitrogens with zero attached hydrogens (tertiary/aromatic N) is 2. The molecule has 0 heterocycles. The van der Waals surface area contributed by atoms with Crippen LogP contribution in [0.5, 0.6) is 0 Å². The molecule has 0 saturated heterocycles. The number of halogens is 2. The molecular formula is C12H16F2N2O4. The minimum Gasteiger partial charge on any atom is -0.395 e. The summed E-state index contributed by atoms with van der Waals surface area (Å²) in [5.41, 5.74) is -0.0623. The third kappa shape index (κ3) is 4.10. The minimum absolute atomic E-state index is 0.00579. The molecule has 1 aromatic carbocycles. The van der Waals surface area contributed by atoms with Crippen molar-refractivity contribution in [1.29, 1.82) is 0 Å². The number of hydrogen-bond acceptors (Lipinski definition) is 5. The number of rotatable bonds is 7. The van der Waals surface area contributed by atoms with Gasteiger partial charge in [0, 0.05) is 12.6 Å². The molecule has 112 valence electrons. The van der Waals surface area contributed by atoms with Crippen LogP contribution in [-0.4, -0.2) is 41.3 Å². The Bertz CT molecular complexity index is 469. The smallest absolute Gasteiger partial charge is 0.292 e. The number of nitro benzene ring substituents is 1. The summed E-state index contributed by atoms with van der Waals surface area (Å²) in [6.45, 7) is 0.194. The second-order valence-electron chi connectivity index (χ2n) is 4.24. The van der Waals surface area contributed by atoms with Gasteiger partial charge in [0.2, 0.25) is 0 Å². The largest absolute Gasteiger partial charge is 0.395 e. The summed E-state index contributed by atoms with van der Waals surface area (Å²) in [4.78, 5) is 11.4. The van der Waals surface area contributed by atoms with Gasteiger partial charge in [0.25, 0.3) is 12.1 Å². The van der Waals surface area contributed by atoms with E-state index in [0.29, 0.717) is 5.56 Å². The fraction of sp³-hybridized carbons (Fsp3) is 0.500. The molecule has 1 unspecified atom stereocenters. The van der Waals surface area contributed by atoms with E-state index in [0.717, 1.165) is 11.0 Å². The first-order valence-electron chi connectivity index (χ1n) is 5.97. The van der Waals surface area contributed by atoms with Crippen LogP contribution in [-0.2, 0) is 0 Å². The first-order chi connectivity index (χ1) is 9.36. The van der Waals surface area contributed by atoms with Gasteiger partial charge in [0.15, 0.2) is 0 Å². The van der Waals surface area contributed by atoms with Crippen LogP contribution in [0.2, 0.25) is 0 Å². The van der Waals surface area contributed by atoms with E-state index in [1.165, 1.54) is 19.1 Å². The van der Waals surface area contributed by atoms with Crippen LogP contribution >= 0.6 is 0 Å². The summed E-state index contributed by atoms with van der Waals surface area (Å²) in [5.74, 6) is 0. The molecule has 0 aliphatic heterocycles. The van der Waals surface area contributed by atoms with E-state index in [1.807, 2.05) is 0 Å². The molecule has 6 nitrogen and oxygen atoms in total. The van der Waals surface area contributed by atoms with Crippen LogP contribution in [0.4, 0.5) is 20.2 Å². The molecule has 8 heteroatoms. The molecule has 0 spiro atoms. The van der Waals surface area contributed by atoms with Crippen molar-refractivity contribution in [2.75, 3.05) is 24.6 Å². The lowest BCUT2D eigenvalue weighted by atomic mass is 10.1. The predicted octanol–water partition coefficient (Wildman–Crippen LogP) is 1.71. The fourth-order valence-corrected chi connectivity index (χ4v) is 1.81. The molecule has 20 heavy (non-hydrogen) atoms. The summed E-state index contributed by atoms with van der Waals surface area (Å²) in [6, 6.07) is 3.89. The maximum atomic E-state index is 12.5. The first kappa shape index (κ1) is 16.3. The highest BCUT2D eigenvalue weighted by molar-refractivity contribution is 5.64. The van der Waals surface area contributed by atoms with Gasteiger partial charge in [-0.2, -0.15) is 0 Å². The molecule has 1 rings (SSSR count). The fourth-order valence-electron chi connectivity index (χ4n) is 1.81. The van der Waals surface area contributed by atoms with Crippen molar-refractivity contribution in [2.24, 2.45) is 0 Å². The maximum Gasteiger partial charge on any atom is 0.292 e. The Balaban J connectivity index is 3.22. The highest BCUT2D eigenvalue weighted by Gasteiger charge is 2.23. The minimum atomic E-state index is -2.68. The van der Waals surface area contributed by atoms with Gasteiger partial charge < -0.3 is 15.1 Å². The normalized spacial score (nSPS) is 12.5. The van der Waals surface area contributed by atoms with Gasteiger partial charge in [-0.15, -0.1) is 0 Å². The highest BCUT2D eigenvalue weighted by Crippen LogP contribution is 2.31. The van der Waals surface area contributed by atoms with Gasteiger partial charge in [-0.1, -0.05) is 6.07 Å². The molecular weight excluding hydrogens is 274 g/mol. The highest BCUT2D eigenvalue weighted by atomic mass is 19.3. The van der Waals surface area contributed by atoms with E-state index < -0.39 is 30.6 Å². The van der Waals surface area contributed by atoms with Crippen molar-refractivity contribution in [3.8, 4) is 0 Å². The Morgan fingerprint density at radius 2 is 2.10 bits per heavy atom. The van der Waals surface area contributed by atoms with Crippen molar-refractivity contribution in [3.63, 3.8) is 0 Å². The molecule has 0 radical (unpaired) electrons. The van der Waals surface area contributed by atoms with E-state index in [-0.39, 0.29) is 17.9 Å². The molecule has 0 fully saturated rings. The van der Waals surface area contributed by atoms with Crippen molar-refractivity contribution in [3.05, 3.63) is 33.9 Å². The SMILES string of the molecule is CC(O)c1ccc(N(CCO)CC(F)F)c([N+](=O)[O-])c1. The number of hydrogen-bond donors (Lipinski definition) is 2. The molecule has 0 aliphatic carbocycles. The molecule has 0 bridgehead atoms. The predicted molar refractivity (Wildman–Crippen MR) is 69.0 cm³/mol. The van der Waals surface area contributed by atoms with Gasteiger partial charge in [-0.25, -0.2) is 8.78 Å². The van der Waals surface area contributed by atoms with E-state index in [9.17, 15) is 24.0 Å². The summed E-state index contributed by atoms with van der Waals surface area (Å²) in [6.07, 6.45) is -3.58. The van der Waals surface area contributed by atoms with E-state index in [2.05, 4.69) is 0 Å². The number of aliphatic hydroxyl groups excluding tert-OH is 2. The number of aliphatic hydroxyl groups is 2. The van der Waals surface area contributed by atoms with E-state index in [4.69, 9.17) is 5.11 Å². The third-order valence-electron chi connectivity index (χ3n) is 2.75. The average molecular weight is 290 g/mol. The van der Waals surface area contributed by atoms with Crippen LogP contribution in [0.25, 0.3) is 0 Å².